The Kier molecular flexibility index (Phi) is 4.71. The lowest BCUT2D eigenvalue weighted by Gasteiger charge is -2.19. The predicted molar refractivity (Wildman–Crippen MR) is 57.6 cm³/mol. The fraction of sp³-hybridized carbons (Fsp3) is 0.500. The van der Waals surface area contributed by atoms with E-state index in [0.29, 0.717) is 0 Å². The highest BCUT2D eigenvalue weighted by atomic mass is 19.4. The lowest BCUT2D eigenvalue weighted by Crippen LogP contribution is -2.34. The van der Waals surface area contributed by atoms with Crippen LogP contribution < -0.4 is 11.1 Å². The maximum absolute atomic E-state index is 12.6. The monoisotopic (exact) mass is 249 g/mol. The van der Waals surface area contributed by atoms with Crippen molar-refractivity contribution in [2.45, 2.75) is 12.2 Å². The van der Waals surface area contributed by atoms with Crippen molar-refractivity contribution in [3.05, 3.63) is 23.9 Å². The molecule has 0 saturated heterocycles. The zero-order chi connectivity index (χ0) is 12.9. The van der Waals surface area contributed by atoms with Gasteiger partial charge in [0.05, 0.1) is 18.2 Å². The number of rotatable bonds is 5. The molecule has 1 aromatic rings. The van der Waals surface area contributed by atoms with Crippen LogP contribution in [0.3, 0.4) is 0 Å². The largest absolute Gasteiger partial charge is 0.419 e. The van der Waals surface area contributed by atoms with Crippen LogP contribution in [0, 0.1) is 0 Å². The third kappa shape index (κ3) is 3.86. The van der Waals surface area contributed by atoms with E-state index in [2.05, 4.69) is 10.3 Å². The Bertz CT molecular complexity index is 357. The van der Waals surface area contributed by atoms with Gasteiger partial charge in [-0.1, -0.05) is 0 Å². The van der Waals surface area contributed by atoms with E-state index in [4.69, 9.17) is 10.5 Å². The van der Waals surface area contributed by atoms with Crippen LogP contribution in [0.2, 0.25) is 0 Å². The minimum Gasteiger partial charge on any atom is -0.383 e. The van der Waals surface area contributed by atoms with Crippen LogP contribution in [0.15, 0.2) is 18.3 Å². The molecule has 0 bridgehead atoms. The number of hydrogen-bond donors (Lipinski definition) is 2. The Labute approximate surface area is 97.0 Å². The SMILES string of the molecule is COCC(CN)Nc1ncccc1C(F)(F)F. The first-order valence-corrected chi connectivity index (χ1v) is 4.96. The van der Waals surface area contributed by atoms with Gasteiger partial charge in [0.2, 0.25) is 0 Å². The normalized spacial score (nSPS) is 13.5. The summed E-state index contributed by atoms with van der Waals surface area (Å²) in [6.45, 7) is 0.367. The lowest BCUT2D eigenvalue weighted by molar-refractivity contribution is -0.137. The molecule has 0 amide bonds. The molecule has 3 N–H and O–H groups in total. The van der Waals surface area contributed by atoms with Crippen LogP contribution in [-0.2, 0) is 10.9 Å². The van der Waals surface area contributed by atoms with Gasteiger partial charge in [0, 0.05) is 19.9 Å². The Balaban J connectivity index is 2.90. The molecule has 7 heteroatoms. The van der Waals surface area contributed by atoms with Crippen LogP contribution in [-0.4, -0.2) is 31.3 Å². The number of nitrogens with two attached hydrogens (primary N) is 1. The Morgan fingerprint density at radius 3 is 2.76 bits per heavy atom. The Morgan fingerprint density at radius 2 is 2.24 bits per heavy atom. The summed E-state index contributed by atoms with van der Waals surface area (Å²) >= 11 is 0. The number of aromatic nitrogens is 1. The van der Waals surface area contributed by atoms with Gasteiger partial charge >= 0.3 is 6.18 Å². The van der Waals surface area contributed by atoms with Gasteiger partial charge in [-0.2, -0.15) is 13.2 Å². The molecule has 0 fully saturated rings. The summed E-state index contributed by atoms with van der Waals surface area (Å²) in [6, 6.07) is 1.80. The number of alkyl halides is 3. The summed E-state index contributed by atoms with van der Waals surface area (Å²) in [4.78, 5) is 3.67. The molecule has 1 atom stereocenters. The smallest absolute Gasteiger partial charge is 0.383 e. The van der Waals surface area contributed by atoms with Gasteiger partial charge in [0.15, 0.2) is 0 Å². The van der Waals surface area contributed by atoms with Crippen LogP contribution in [0.4, 0.5) is 19.0 Å². The van der Waals surface area contributed by atoms with Crippen molar-refractivity contribution in [3.63, 3.8) is 0 Å². The molecule has 0 aliphatic heterocycles. The van der Waals surface area contributed by atoms with Crippen molar-refractivity contribution in [3.8, 4) is 0 Å². The van der Waals surface area contributed by atoms with Gasteiger partial charge in [-0.3, -0.25) is 0 Å². The molecule has 0 spiro atoms. The summed E-state index contributed by atoms with van der Waals surface area (Å²) in [5.74, 6) is -0.229. The molecular formula is C10H14F3N3O. The maximum atomic E-state index is 12.6. The van der Waals surface area contributed by atoms with E-state index < -0.39 is 17.8 Å². The number of nitrogens with one attached hydrogen (secondary N) is 1. The Morgan fingerprint density at radius 1 is 1.53 bits per heavy atom. The van der Waals surface area contributed by atoms with E-state index in [0.717, 1.165) is 6.07 Å². The summed E-state index contributed by atoms with van der Waals surface area (Å²) in [5.41, 5.74) is 4.60. The van der Waals surface area contributed by atoms with Crippen LogP contribution in [0.25, 0.3) is 0 Å². The number of anilines is 1. The molecule has 1 unspecified atom stereocenters. The molecule has 0 aliphatic carbocycles. The quantitative estimate of drug-likeness (QED) is 0.830. The molecule has 0 radical (unpaired) electrons. The molecule has 96 valence electrons. The standard InChI is InChI=1S/C10H14F3N3O/c1-17-6-7(5-14)16-9-8(10(11,12)13)3-2-4-15-9/h2-4,7H,5-6,14H2,1H3,(H,15,16). The molecule has 1 rings (SSSR count). The summed E-state index contributed by atoms with van der Waals surface area (Å²) in [7, 11) is 1.45. The first-order chi connectivity index (χ1) is 7.99. The van der Waals surface area contributed by atoms with Crippen molar-refractivity contribution < 1.29 is 17.9 Å². The second-order valence-corrected chi connectivity index (χ2v) is 3.43. The number of methoxy groups -OCH3 is 1. The van der Waals surface area contributed by atoms with Crippen molar-refractivity contribution in [2.24, 2.45) is 5.73 Å². The summed E-state index contributed by atoms with van der Waals surface area (Å²) in [5, 5.41) is 2.62. The van der Waals surface area contributed by atoms with Gasteiger partial charge in [-0.05, 0) is 12.1 Å². The second kappa shape index (κ2) is 5.83. The minimum absolute atomic E-state index is 0.154. The molecule has 17 heavy (non-hydrogen) atoms. The minimum atomic E-state index is -4.44. The summed E-state index contributed by atoms with van der Waals surface area (Å²) in [6.07, 6.45) is -3.15. The fourth-order valence-corrected chi connectivity index (χ4v) is 1.31. The topological polar surface area (TPSA) is 60.2 Å². The molecule has 1 aromatic heterocycles. The molecule has 4 nitrogen and oxygen atoms in total. The van der Waals surface area contributed by atoms with E-state index in [1.807, 2.05) is 0 Å². The average molecular weight is 249 g/mol. The molecule has 0 saturated carbocycles. The highest BCUT2D eigenvalue weighted by Crippen LogP contribution is 2.33. The van der Waals surface area contributed by atoms with Crippen LogP contribution in [0.1, 0.15) is 5.56 Å². The first kappa shape index (κ1) is 13.7. The second-order valence-electron chi connectivity index (χ2n) is 3.43. The van der Waals surface area contributed by atoms with Crippen LogP contribution in [0.5, 0.6) is 0 Å². The lowest BCUT2D eigenvalue weighted by atomic mass is 10.2. The molecule has 0 aromatic carbocycles. The number of pyridine rings is 1. The molecule has 1 heterocycles. The molecule has 0 aliphatic rings. The Hall–Kier alpha value is -1.34. The van der Waals surface area contributed by atoms with Crippen molar-refractivity contribution in [1.29, 1.82) is 0 Å². The van der Waals surface area contributed by atoms with Crippen molar-refractivity contribution in [2.75, 3.05) is 25.6 Å². The van der Waals surface area contributed by atoms with E-state index in [1.165, 1.54) is 19.4 Å². The number of nitrogens with zero attached hydrogens (tertiary/aromatic N) is 1. The van der Waals surface area contributed by atoms with Gasteiger partial charge in [-0.15, -0.1) is 0 Å². The summed E-state index contributed by atoms with van der Waals surface area (Å²) < 4.78 is 42.8. The van der Waals surface area contributed by atoms with Crippen LogP contribution >= 0.6 is 0 Å². The highest BCUT2D eigenvalue weighted by molar-refractivity contribution is 5.46. The number of halogens is 3. The zero-order valence-corrected chi connectivity index (χ0v) is 9.29. The number of ether oxygens (including phenoxy) is 1. The predicted octanol–water partition coefficient (Wildman–Crippen LogP) is 1.49. The third-order valence-corrected chi connectivity index (χ3v) is 2.11. The number of hydrogen-bond acceptors (Lipinski definition) is 4. The van der Waals surface area contributed by atoms with Gasteiger partial charge in [-0.25, -0.2) is 4.98 Å². The van der Waals surface area contributed by atoms with Crippen molar-refractivity contribution >= 4 is 5.82 Å². The van der Waals surface area contributed by atoms with Gasteiger partial charge in [0.1, 0.15) is 5.82 Å². The highest BCUT2D eigenvalue weighted by Gasteiger charge is 2.34. The van der Waals surface area contributed by atoms with Gasteiger partial charge in [0.25, 0.3) is 0 Å². The van der Waals surface area contributed by atoms with Crippen molar-refractivity contribution in [1.82, 2.24) is 4.98 Å². The van der Waals surface area contributed by atoms with E-state index in [9.17, 15) is 13.2 Å². The maximum Gasteiger partial charge on any atom is 0.419 e. The zero-order valence-electron chi connectivity index (χ0n) is 9.29. The third-order valence-electron chi connectivity index (χ3n) is 2.11. The van der Waals surface area contributed by atoms with E-state index in [-0.39, 0.29) is 19.0 Å². The first-order valence-electron chi connectivity index (χ1n) is 4.96. The average Bonchev–Trinajstić information content (AvgIpc) is 2.27. The van der Waals surface area contributed by atoms with E-state index >= 15 is 0 Å². The molecular weight excluding hydrogens is 235 g/mol. The van der Waals surface area contributed by atoms with Gasteiger partial charge < -0.3 is 15.8 Å². The van der Waals surface area contributed by atoms with E-state index in [1.54, 1.807) is 0 Å². The fourth-order valence-electron chi connectivity index (χ4n) is 1.31.